The molecule has 0 aromatic rings. The van der Waals surface area contributed by atoms with Gasteiger partial charge >= 0.3 is 0 Å². The van der Waals surface area contributed by atoms with Crippen molar-refractivity contribution in [1.82, 2.24) is 0 Å². The fourth-order valence-corrected chi connectivity index (χ4v) is 0.892. The van der Waals surface area contributed by atoms with E-state index in [-0.39, 0.29) is 12.0 Å². The summed E-state index contributed by atoms with van der Waals surface area (Å²) in [4.78, 5) is 0. The van der Waals surface area contributed by atoms with E-state index in [1.54, 1.807) is 0 Å². The number of rotatable bonds is 3. The maximum absolute atomic E-state index is 10.8. The highest BCUT2D eigenvalue weighted by atomic mass is 79.9. The Bertz CT molecular complexity index is 54.5. The molecule has 0 aliphatic carbocycles. The standard InChI is InChI=1S/C6H12BrO/c1-5(2)6(8)3-4-7/h5-6H,3-4H2,1-2H3. The van der Waals surface area contributed by atoms with Gasteiger partial charge in [0.2, 0.25) is 0 Å². The van der Waals surface area contributed by atoms with Gasteiger partial charge in [0.15, 0.2) is 0 Å². The Hall–Kier alpha value is 0.440. The second kappa shape index (κ2) is 4.33. The monoisotopic (exact) mass is 179 g/mol. The lowest BCUT2D eigenvalue weighted by molar-refractivity contribution is 0.0479. The molecule has 0 aromatic heterocycles. The van der Waals surface area contributed by atoms with Crippen molar-refractivity contribution in [3.8, 4) is 0 Å². The van der Waals surface area contributed by atoms with Crippen molar-refractivity contribution >= 4 is 15.9 Å². The van der Waals surface area contributed by atoms with E-state index < -0.39 is 0 Å². The summed E-state index contributed by atoms with van der Waals surface area (Å²) in [5, 5.41) is 11.6. The molecule has 0 fully saturated rings. The normalized spacial score (nSPS) is 14.6. The van der Waals surface area contributed by atoms with Crippen LogP contribution in [0.25, 0.3) is 0 Å². The Morgan fingerprint density at radius 1 is 1.50 bits per heavy atom. The molecular formula is C6H12BrO. The third-order valence-electron chi connectivity index (χ3n) is 1.14. The predicted molar refractivity (Wildman–Crippen MR) is 37.7 cm³/mol. The summed E-state index contributed by atoms with van der Waals surface area (Å²) in [7, 11) is 0. The Morgan fingerprint density at radius 3 is 2.12 bits per heavy atom. The largest absolute Gasteiger partial charge is 0.233 e. The molecule has 0 heterocycles. The van der Waals surface area contributed by atoms with Crippen LogP contribution < -0.4 is 0 Å². The van der Waals surface area contributed by atoms with Crippen LogP contribution in [0.4, 0.5) is 0 Å². The third kappa shape index (κ3) is 3.44. The van der Waals surface area contributed by atoms with Crippen molar-refractivity contribution in [3.05, 3.63) is 0 Å². The van der Waals surface area contributed by atoms with Crippen LogP contribution in [0.3, 0.4) is 0 Å². The molecule has 0 amide bonds. The maximum Gasteiger partial charge on any atom is 0.0960 e. The summed E-state index contributed by atoms with van der Waals surface area (Å²) in [5.41, 5.74) is 0. The molecule has 1 radical (unpaired) electrons. The summed E-state index contributed by atoms with van der Waals surface area (Å²) in [6.07, 6.45) is 0.367. The third-order valence-corrected chi connectivity index (χ3v) is 1.60. The molecule has 1 atom stereocenters. The first-order valence-electron chi connectivity index (χ1n) is 2.90. The second-order valence-corrected chi connectivity index (χ2v) is 3.05. The summed E-state index contributed by atoms with van der Waals surface area (Å²) in [6, 6.07) is 0. The van der Waals surface area contributed by atoms with Crippen molar-refractivity contribution in [2.75, 3.05) is 5.33 Å². The van der Waals surface area contributed by atoms with Crippen LogP contribution in [0.1, 0.15) is 20.3 Å². The van der Waals surface area contributed by atoms with Gasteiger partial charge < -0.3 is 0 Å². The molecule has 0 spiro atoms. The van der Waals surface area contributed by atoms with Crippen LogP contribution in [0.5, 0.6) is 0 Å². The van der Waals surface area contributed by atoms with Crippen LogP contribution in [0, 0.1) is 5.92 Å². The fourth-order valence-electron chi connectivity index (χ4n) is 0.441. The van der Waals surface area contributed by atoms with Gasteiger partial charge in [0, 0.05) is 5.33 Å². The van der Waals surface area contributed by atoms with E-state index in [4.69, 9.17) is 0 Å². The molecule has 2 heteroatoms. The second-order valence-electron chi connectivity index (χ2n) is 2.26. The van der Waals surface area contributed by atoms with Gasteiger partial charge in [-0.15, -0.1) is 0 Å². The summed E-state index contributed by atoms with van der Waals surface area (Å²) >= 11 is 3.22. The first-order valence-corrected chi connectivity index (χ1v) is 4.02. The van der Waals surface area contributed by atoms with Gasteiger partial charge in [-0.05, 0) is 12.3 Å². The first-order chi connectivity index (χ1) is 3.68. The Labute approximate surface area is 59.2 Å². The molecule has 0 N–H and O–H groups in total. The van der Waals surface area contributed by atoms with E-state index in [1.807, 2.05) is 13.8 Å². The Morgan fingerprint density at radius 2 is 2.00 bits per heavy atom. The van der Waals surface area contributed by atoms with Crippen molar-refractivity contribution in [1.29, 1.82) is 0 Å². The summed E-state index contributed by atoms with van der Waals surface area (Å²) < 4.78 is 0. The molecule has 0 aliphatic heterocycles. The molecule has 0 aliphatic rings. The van der Waals surface area contributed by atoms with Crippen LogP contribution in [-0.4, -0.2) is 11.4 Å². The lowest BCUT2D eigenvalue weighted by atomic mass is 10.1. The minimum absolute atomic E-state index is 0.285. The van der Waals surface area contributed by atoms with Crippen molar-refractivity contribution in [2.45, 2.75) is 26.4 Å². The van der Waals surface area contributed by atoms with Gasteiger partial charge in [0.1, 0.15) is 0 Å². The van der Waals surface area contributed by atoms with Gasteiger partial charge in [-0.2, -0.15) is 0 Å². The molecule has 0 saturated heterocycles. The molecule has 0 bridgehead atoms. The number of hydrogen-bond acceptors (Lipinski definition) is 0. The van der Waals surface area contributed by atoms with E-state index in [2.05, 4.69) is 15.9 Å². The maximum atomic E-state index is 10.8. The van der Waals surface area contributed by atoms with E-state index in [9.17, 15) is 5.11 Å². The average Bonchev–Trinajstić information content (AvgIpc) is 1.67. The van der Waals surface area contributed by atoms with Gasteiger partial charge in [0.05, 0.1) is 6.10 Å². The highest BCUT2D eigenvalue weighted by molar-refractivity contribution is 9.09. The van der Waals surface area contributed by atoms with E-state index in [1.165, 1.54) is 0 Å². The summed E-state index contributed by atoms with van der Waals surface area (Å²) in [5.74, 6) is 0.285. The molecule has 49 valence electrons. The van der Waals surface area contributed by atoms with Gasteiger partial charge in [-0.3, -0.25) is 0 Å². The first kappa shape index (κ1) is 8.44. The van der Waals surface area contributed by atoms with Crippen LogP contribution in [0.2, 0.25) is 0 Å². The zero-order chi connectivity index (χ0) is 6.57. The molecule has 1 unspecified atom stereocenters. The molecule has 8 heavy (non-hydrogen) atoms. The van der Waals surface area contributed by atoms with E-state index in [0.717, 1.165) is 11.8 Å². The average molecular weight is 180 g/mol. The molecule has 0 saturated carbocycles. The van der Waals surface area contributed by atoms with Crippen molar-refractivity contribution in [2.24, 2.45) is 5.92 Å². The highest BCUT2D eigenvalue weighted by Crippen LogP contribution is 2.06. The minimum atomic E-state index is -0.380. The lowest BCUT2D eigenvalue weighted by Gasteiger charge is -2.08. The fraction of sp³-hybridized carbons (Fsp3) is 1.00. The highest BCUT2D eigenvalue weighted by Gasteiger charge is 2.08. The minimum Gasteiger partial charge on any atom is -0.233 e. The van der Waals surface area contributed by atoms with E-state index in [0.29, 0.717) is 0 Å². The smallest absolute Gasteiger partial charge is 0.0960 e. The zero-order valence-corrected chi connectivity index (χ0v) is 6.94. The van der Waals surface area contributed by atoms with Crippen LogP contribution in [0.15, 0.2) is 0 Å². The number of halogens is 1. The van der Waals surface area contributed by atoms with E-state index >= 15 is 0 Å². The number of alkyl halides is 1. The quantitative estimate of drug-likeness (QED) is 0.593. The number of hydrogen-bond donors (Lipinski definition) is 0. The molecule has 0 rings (SSSR count). The van der Waals surface area contributed by atoms with Crippen molar-refractivity contribution < 1.29 is 5.11 Å². The van der Waals surface area contributed by atoms with Gasteiger partial charge in [0.25, 0.3) is 0 Å². The predicted octanol–water partition coefficient (Wildman–Crippen LogP) is 2.23. The Balaban J connectivity index is 3.17. The molecule has 0 aromatic carbocycles. The van der Waals surface area contributed by atoms with Crippen molar-refractivity contribution in [3.63, 3.8) is 0 Å². The topological polar surface area (TPSA) is 19.9 Å². The van der Waals surface area contributed by atoms with Crippen LogP contribution in [-0.2, 0) is 5.11 Å². The van der Waals surface area contributed by atoms with Crippen LogP contribution >= 0.6 is 15.9 Å². The van der Waals surface area contributed by atoms with Gasteiger partial charge in [-0.25, -0.2) is 5.11 Å². The zero-order valence-electron chi connectivity index (χ0n) is 5.36. The Kier molecular flexibility index (Phi) is 4.57. The van der Waals surface area contributed by atoms with Gasteiger partial charge in [-0.1, -0.05) is 29.8 Å². The molecular weight excluding hydrogens is 168 g/mol. The summed E-state index contributed by atoms with van der Waals surface area (Å²) in [6.45, 7) is 3.92. The SMILES string of the molecule is CC(C)C([O])CCBr. The molecule has 1 nitrogen and oxygen atoms in total. The lowest BCUT2D eigenvalue weighted by Crippen LogP contribution is -2.12.